The number of fused-ring (bicyclic) bond motifs is 1. The topological polar surface area (TPSA) is 38.0 Å². The van der Waals surface area contributed by atoms with Crippen LogP contribution < -0.4 is 11.1 Å². The summed E-state index contributed by atoms with van der Waals surface area (Å²) < 4.78 is 0. The van der Waals surface area contributed by atoms with Crippen LogP contribution in [0.4, 0.5) is 0 Å². The van der Waals surface area contributed by atoms with Crippen LogP contribution in [0.15, 0.2) is 18.2 Å². The standard InChI is InChI=1S/C15H24N2/c1-15(2,16)11-17-10-12-7-8-13-5-3-4-6-14(13)9-12/h7-9,17H,3-6,10-11,16H2,1-2H3. The SMILES string of the molecule is CC(C)(N)CNCc1ccc2c(c1)CCCC2. The molecule has 2 heteroatoms. The highest BCUT2D eigenvalue weighted by Crippen LogP contribution is 2.22. The van der Waals surface area contributed by atoms with E-state index in [0.717, 1.165) is 13.1 Å². The fourth-order valence-corrected chi connectivity index (χ4v) is 2.43. The Kier molecular flexibility index (Phi) is 3.85. The molecule has 0 heterocycles. The van der Waals surface area contributed by atoms with Crippen molar-refractivity contribution in [3.8, 4) is 0 Å². The van der Waals surface area contributed by atoms with Gasteiger partial charge >= 0.3 is 0 Å². The van der Waals surface area contributed by atoms with Crippen LogP contribution in [-0.4, -0.2) is 12.1 Å². The van der Waals surface area contributed by atoms with Crippen LogP contribution in [0, 0.1) is 0 Å². The Morgan fingerprint density at radius 2 is 1.88 bits per heavy atom. The number of aryl methyl sites for hydroxylation is 2. The van der Waals surface area contributed by atoms with E-state index in [1.807, 2.05) is 13.8 Å². The Hall–Kier alpha value is -0.860. The Labute approximate surface area is 105 Å². The molecule has 0 aliphatic heterocycles. The van der Waals surface area contributed by atoms with Crippen LogP contribution >= 0.6 is 0 Å². The maximum atomic E-state index is 5.95. The minimum atomic E-state index is -0.131. The molecule has 94 valence electrons. The molecule has 1 aromatic rings. The largest absolute Gasteiger partial charge is 0.324 e. The monoisotopic (exact) mass is 232 g/mol. The Bertz CT molecular complexity index is 377. The van der Waals surface area contributed by atoms with Gasteiger partial charge in [-0.1, -0.05) is 18.2 Å². The zero-order valence-electron chi connectivity index (χ0n) is 11.1. The number of hydrogen-bond donors (Lipinski definition) is 2. The summed E-state index contributed by atoms with van der Waals surface area (Å²) in [6.45, 7) is 5.87. The van der Waals surface area contributed by atoms with Crippen LogP contribution in [0.5, 0.6) is 0 Å². The molecule has 1 aliphatic rings. The van der Waals surface area contributed by atoms with Crippen molar-refractivity contribution in [1.82, 2.24) is 5.32 Å². The minimum absolute atomic E-state index is 0.131. The van der Waals surface area contributed by atoms with Crippen LogP contribution in [0.25, 0.3) is 0 Å². The maximum absolute atomic E-state index is 5.95. The lowest BCUT2D eigenvalue weighted by atomic mass is 9.90. The first-order valence-corrected chi connectivity index (χ1v) is 6.65. The third-order valence-electron chi connectivity index (χ3n) is 3.32. The second-order valence-corrected chi connectivity index (χ2v) is 5.90. The van der Waals surface area contributed by atoms with Crippen molar-refractivity contribution in [2.75, 3.05) is 6.54 Å². The first kappa shape index (κ1) is 12.6. The van der Waals surface area contributed by atoms with E-state index in [0.29, 0.717) is 0 Å². The summed E-state index contributed by atoms with van der Waals surface area (Å²) in [5, 5.41) is 3.42. The van der Waals surface area contributed by atoms with E-state index in [1.54, 1.807) is 11.1 Å². The second-order valence-electron chi connectivity index (χ2n) is 5.90. The predicted molar refractivity (Wildman–Crippen MR) is 73.1 cm³/mol. The van der Waals surface area contributed by atoms with Crippen molar-refractivity contribution in [2.45, 2.75) is 51.6 Å². The lowest BCUT2D eigenvalue weighted by molar-refractivity contribution is 0.466. The summed E-state index contributed by atoms with van der Waals surface area (Å²) >= 11 is 0. The minimum Gasteiger partial charge on any atom is -0.324 e. The molecule has 0 fully saturated rings. The molecule has 0 radical (unpaired) electrons. The third-order valence-corrected chi connectivity index (χ3v) is 3.32. The highest BCUT2D eigenvalue weighted by Gasteiger charge is 2.11. The smallest absolute Gasteiger partial charge is 0.0223 e. The zero-order valence-corrected chi connectivity index (χ0v) is 11.1. The Balaban J connectivity index is 1.93. The van der Waals surface area contributed by atoms with Gasteiger partial charge in [0.1, 0.15) is 0 Å². The molecule has 0 saturated carbocycles. The fraction of sp³-hybridized carbons (Fsp3) is 0.600. The summed E-state index contributed by atoms with van der Waals surface area (Å²) in [5.41, 5.74) is 10.3. The Morgan fingerprint density at radius 1 is 1.18 bits per heavy atom. The highest BCUT2D eigenvalue weighted by atomic mass is 14.9. The zero-order chi connectivity index (χ0) is 12.3. The first-order valence-electron chi connectivity index (χ1n) is 6.65. The third kappa shape index (κ3) is 3.83. The van der Waals surface area contributed by atoms with Gasteiger partial charge in [0, 0.05) is 18.6 Å². The van der Waals surface area contributed by atoms with Crippen molar-refractivity contribution in [3.63, 3.8) is 0 Å². The quantitative estimate of drug-likeness (QED) is 0.836. The molecule has 0 spiro atoms. The first-order chi connectivity index (χ1) is 8.04. The molecule has 1 aliphatic carbocycles. The summed E-state index contributed by atoms with van der Waals surface area (Å²) in [5.74, 6) is 0. The molecule has 0 amide bonds. The molecular weight excluding hydrogens is 208 g/mol. The predicted octanol–water partition coefficient (Wildman–Crippen LogP) is 2.39. The van der Waals surface area contributed by atoms with Gasteiger partial charge in [-0.2, -0.15) is 0 Å². The van der Waals surface area contributed by atoms with Gasteiger partial charge in [0.05, 0.1) is 0 Å². The molecule has 2 rings (SSSR count). The molecular formula is C15H24N2. The van der Waals surface area contributed by atoms with Gasteiger partial charge in [-0.3, -0.25) is 0 Å². The van der Waals surface area contributed by atoms with Crippen molar-refractivity contribution in [2.24, 2.45) is 5.73 Å². The average Bonchev–Trinajstić information content (AvgIpc) is 2.27. The molecule has 2 nitrogen and oxygen atoms in total. The molecule has 0 bridgehead atoms. The van der Waals surface area contributed by atoms with E-state index in [-0.39, 0.29) is 5.54 Å². The fourth-order valence-electron chi connectivity index (χ4n) is 2.43. The highest BCUT2D eigenvalue weighted by molar-refractivity contribution is 5.33. The van der Waals surface area contributed by atoms with Crippen LogP contribution in [0.2, 0.25) is 0 Å². The van der Waals surface area contributed by atoms with Gasteiger partial charge in [0.15, 0.2) is 0 Å². The normalized spacial score (nSPS) is 15.7. The molecule has 17 heavy (non-hydrogen) atoms. The lowest BCUT2D eigenvalue weighted by Crippen LogP contribution is -2.42. The van der Waals surface area contributed by atoms with Crippen LogP contribution in [0.3, 0.4) is 0 Å². The van der Waals surface area contributed by atoms with E-state index < -0.39 is 0 Å². The number of nitrogens with one attached hydrogen (secondary N) is 1. The van der Waals surface area contributed by atoms with Gasteiger partial charge < -0.3 is 11.1 Å². The van der Waals surface area contributed by atoms with E-state index in [9.17, 15) is 0 Å². The number of rotatable bonds is 4. The molecule has 0 unspecified atom stereocenters. The van der Waals surface area contributed by atoms with Crippen molar-refractivity contribution < 1.29 is 0 Å². The second kappa shape index (κ2) is 5.19. The van der Waals surface area contributed by atoms with Gasteiger partial charge in [-0.05, 0) is 56.2 Å². The average molecular weight is 232 g/mol. The van der Waals surface area contributed by atoms with Gasteiger partial charge in [0.2, 0.25) is 0 Å². The summed E-state index contributed by atoms with van der Waals surface area (Å²) in [6.07, 6.45) is 5.22. The van der Waals surface area contributed by atoms with E-state index in [2.05, 4.69) is 23.5 Å². The van der Waals surface area contributed by atoms with E-state index in [4.69, 9.17) is 5.73 Å². The van der Waals surface area contributed by atoms with Gasteiger partial charge in [-0.15, -0.1) is 0 Å². The molecule has 0 aromatic heterocycles. The lowest BCUT2D eigenvalue weighted by Gasteiger charge is -2.20. The van der Waals surface area contributed by atoms with Crippen molar-refractivity contribution >= 4 is 0 Å². The van der Waals surface area contributed by atoms with Crippen LogP contribution in [-0.2, 0) is 19.4 Å². The van der Waals surface area contributed by atoms with E-state index in [1.165, 1.54) is 31.2 Å². The van der Waals surface area contributed by atoms with Crippen molar-refractivity contribution in [1.29, 1.82) is 0 Å². The van der Waals surface area contributed by atoms with Crippen LogP contribution in [0.1, 0.15) is 43.4 Å². The summed E-state index contributed by atoms with van der Waals surface area (Å²) in [6, 6.07) is 6.92. The summed E-state index contributed by atoms with van der Waals surface area (Å²) in [7, 11) is 0. The van der Waals surface area contributed by atoms with Crippen molar-refractivity contribution in [3.05, 3.63) is 34.9 Å². The Morgan fingerprint density at radius 3 is 2.59 bits per heavy atom. The van der Waals surface area contributed by atoms with Gasteiger partial charge in [-0.25, -0.2) is 0 Å². The number of benzene rings is 1. The number of nitrogens with two attached hydrogens (primary N) is 1. The molecule has 1 aromatic carbocycles. The maximum Gasteiger partial charge on any atom is 0.0223 e. The molecule has 3 N–H and O–H groups in total. The van der Waals surface area contributed by atoms with E-state index >= 15 is 0 Å². The molecule has 0 atom stereocenters. The molecule has 0 saturated heterocycles. The van der Waals surface area contributed by atoms with Gasteiger partial charge in [0.25, 0.3) is 0 Å². The summed E-state index contributed by atoms with van der Waals surface area (Å²) in [4.78, 5) is 0. The number of hydrogen-bond acceptors (Lipinski definition) is 2.